The van der Waals surface area contributed by atoms with Crippen molar-refractivity contribution in [2.45, 2.75) is 322 Å². The van der Waals surface area contributed by atoms with Gasteiger partial charge in [0.1, 0.15) is 6.61 Å². The number of hydrogen-bond acceptors (Lipinski definition) is 8. The third-order valence-electron chi connectivity index (χ3n) is 14.0. The molecule has 0 aliphatic heterocycles. The van der Waals surface area contributed by atoms with Crippen LogP contribution in [0.5, 0.6) is 0 Å². The van der Waals surface area contributed by atoms with E-state index < -0.39 is 26.5 Å². The van der Waals surface area contributed by atoms with Crippen LogP contribution in [-0.2, 0) is 32.7 Å². The summed E-state index contributed by atoms with van der Waals surface area (Å²) in [5, 5.41) is 0. The summed E-state index contributed by atoms with van der Waals surface area (Å²) in [6, 6.07) is 0. The molecule has 9 nitrogen and oxygen atoms in total. The first-order chi connectivity index (χ1) is 36.3. The quantitative estimate of drug-likeness (QED) is 0.0264. The maximum absolute atomic E-state index is 12.7. The molecule has 0 heterocycles. The van der Waals surface area contributed by atoms with Crippen LogP contribution in [-0.4, -0.2) is 49.3 Å². The molecule has 0 aromatic carbocycles. The molecule has 0 aromatic rings. The highest BCUT2D eigenvalue weighted by Crippen LogP contribution is 2.43. The molecule has 10 heteroatoms. The maximum Gasteiger partial charge on any atom is 0.472 e. The molecule has 0 saturated heterocycles. The minimum Gasteiger partial charge on any atom is -0.462 e. The molecule has 3 N–H and O–H groups in total. The van der Waals surface area contributed by atoms with Crippen LogP contribution in [0.4, 0.5) is 0 Å². The van der Waals surface area contributed by atoms with Crippen LogP contribution in [0.1, 0.15) is 316 Å². The molecule has 0 rings (SSSR count). The fourth-order valence-electron chi connectivity index (χ4n) is 9.34. The number of carbonyl (C=O) groups excluding carboxylic acids is 2. The summed E-state index contributed by atoms with van der Waals surface area (Å²) in [7, 11) is -4.39. The molecular formula is C64H120NO8P. The Balaban J connectivity index is 3.87. The van der Waals surface area contributed by atoms with Crippen molar-refractivity contribution in [3.05, 3.63) is 48.6 Å². The van der Waals surface area contributed by atoms with Crippen molar-refractivity contribution in [2.75, 3.05) is 26.4 Å². The first-order valence-corrected chi connectivity index (χ1v) is 33.1. The van der Waals surface area contributed by atoms with Crippen LogP contribution >= 0.6 is 7.82 Å². The predicted molar refractivity (Wildman–Crippen MR) is 317 cm³/mol. The van der Waals surface area contributed by atoms with Gasteiger partial charge in [-0.25, -0.2) is 4.57 Å². The van der Waals surface area contributed by atoms with E-state index in [2.05, 4.69) is 62.5 Å². The van der Waals surface area contributed by atoms with E-state index in [9.17, 15) is 19.0 Å². The van der Waals surface area contributed by atoms with Crippen molar-refractivity contribution < 1.29 is 37.6 Å². The Bertz CT molecular complexity index is 1350. The summed E-state index contributed by atoms with van der Waals surface area (Å²) in [5.41, 5.74) is 5.39. The molecule has 0 amide bonds. The number of rotatable bonds is 60. The van der Waals surface area contributed by atoms with E-state index >= 15 is 0 Å². The van der Waals surface area contributed by atoms with Gasteiger partial charge in [-0.1, -0.05) is 300 Å². The average Bonchev–Trinajstić information content (AvgIpc) is 3.39. The van der Waals surface area contributed by atoms with Gasteiger partial charge in [0.15, 0.2) is 6.10 Å². The molecule has 0 aliphatic carbocycles. The molecular weight excluding hydrogens is 942 g/mol. The lowest BCUT2D eigenvalue weighted by atomic mass is 10.0. The average molecular weight is 1060 g/mol. The molecule has 0 aliphatic rings. The monoisotopic (exact) mass is 1060 g/mol. The van der Waals surface area contributed by atoms with Gasteiger partial charge in [0.05, 0.1) is 13.2 Å². The molecule has 0 aromatic heterocycles. The first kappa shape index (κ1) is 72.0. The lowest BCUT2D eigenvalue weighted by molar-refractivity contribution is -0.161. The Hall–Kier alpha value is -2.03. The lowest BCUT2D eigenvalue weighted by Gasteiger charge is -2.19. The largest absolute Gasteiger partial charge is 0.472 e. The summed E-state index contributed by atoms with van der Waals surface area (Å²) in [6.07, 6.45) is 74.8. The van der Waals surface area contributed by atoms with Crippen molar-refractivity contribution >= 4 is 19.8 Å². The van der Waals surface area contributed by atoms with E-state index in [0.717, 1.165) is 70.6 Å². The Labute approximate surface area is 457 Å². The van der Waals surface area contributed by atoms with Crippen LogP contribution in [0.3, 0.4) is 0 Å². The standard InChI is InChI=1S/C64H120NO8P/c1-3-5-7-9-11-13-15-17-19-21-23-25-27-28-29-30-31-32-33-35-36-38-40-42-44-46-48-50-52-54-56-63(66)70-60-62(61-72-74(68,69)71-59-58-65)73-64(67)57-55-53-51-49-47-45-43-41-39-37-34-26-24-22-20-18-16-14-12-10-8-6-4-2/h6,8,12,14,18,20,24,26,62H,3-5,7,9-11,13,15-17,19,21-23,25,27-61,65H2,1-2H3,(H,68,69)/b8-6-,14-12-,20-18-,26-24-. The van der Waals surface area contributed by atoms with Gasteiger partial charge in [-0.15, -0.1) is 0 Å². The SMILES string of the molecule is CC/C=C\C/C=C\C/C=C\C/C=C\CCCCCCCCCCCCC(=O)OC(COC(=O)CCCCCCCCCCCCCCCCCCCCCCCCCCCCCCCC)COP(=O)(O)OCCN. The summed E-state index contributed by atoms with van der Waals surface area (Å²) in [6.45, 7) is 3.68. The molecule has 0 spiro atoms. The fraction of sp³-hybridized carbons (Fsp3) is 0.844. The third-order valence-corrected chi connectivity index (χ3v) is 15.0. The molecule has 0 saturated carbocycles. The number of esters is 2. The Morgan fingerprint density at radius 1 is 0.419 bits per heavy atom. The second kappa shape index (κ2) is 60.2. The topological polar surface area (TPSA) is 134 Å². The smallest absolute Gasteiger partial charge is 0.462 e. The highest BCUT2D eigenvalue weighted by Gasteiger charge is 2.26. The van der Waals surface area contributed by atoms with Gasteiger partial charge < -0.3 is 20.1 Å². The second-order valence-corrected chi connectivity index (χ2v) is 22.7. The molecule has 2 unspecified atom stereocenters. The number of nitrogens with two attached hydrogens (primary N) is 1. The lowest BCUT2D eigenvalue weighted by Crippen LogP contribution is -2.29. The van der Waals surface area contributed by atoms with E-state index in [1.807, 2.05) is 0 Å². The zero-order valence-corrected chi connectivity index (χ0v) is 49.5. The summed E-state index contributed by atoms with van der Waals surface area (Å²) in [4.78, 5) is 35.3. The third kappa shape index (κ3) is 59.2. The summed E-state index contributed by atoms with van der Waals surface area (Å²) >= 11 is 0. The van der Waals surface area contributed by atoms with Crippen molar-refractivity contribution in [3.63, 3.8) is 0 Å². The number of phosphoric acid groups is 1. The van der Waals surface area contributed by atoms with Crippen LogP contribution in [0, 0.1) is 0 Å². The summed E-state index contributed by atoms with van der Waals surface area (Å²) < 4.78 is 33.1. The number of ether oxygens (including phenoxy) is 2. The van der Waals surface area contributed by atoms with Crippen molar-refractivity contribution in [2.24, 2.45) is 5.73 Å². The minimum atomic E-state index is -4.39. The number of phosphoric ester groups is 1. The van der Waals surface area contributed by atoms with Gasteiger partial charge in [0, 0.05) is 19.4 Å². The van der Waals surface area contributed by atoms with Crippen LogP contribution in [0.2, 0.25) is 0 Å². The molecule has 0 radical (unpaired) electrons. The zero-order valence-electron chi connectivity index (χ0n) is 48.6. The number of unbranched alkanes of at least 4 members (excludes halogenated alkanes) is 39. The number of hydrogen-bond donors (Lipinski definition) is 2. The van der Waals surface area contributed by atoms with Gasteiger partial charge >= 0.3 is 19.8 Å². The van der Waals surface area contributed by atoms with Crippen molar-refractivity contribution in [1.82, 2.24) is 0 Å². The summed E-state index contributed by atoms with van der Waals surface area (Å²) in [5.74, 6) is -0.818. The van der Waals surface area contributed by atoms with Gasteiger partial charge in [-0.05, 0) is 51.4 Å². The van der Waals surface area contributed by atoms with Gasteiger partial charge in [-0.3, -0.25) is 18.6 Å². The zero-order chi connectivity index (χ0) is 53.8. The highest BCUT2D eigenvalue weighted by atomic mass is 31.2. The molecule has 0 bridgehead atoms. The molecule has 2 atom stereocenters. The fourth-order valence-corrected chi connectivity index (χ4v) is 10.1. The van der Waals surface area contributed by atoms with E-state index in [1.54, 1.807) is 0 Å². The van der Waals surface area contributed by atoms with Crippen LogP contribution in [0.25, 0.3) is 0 Å². The van der Waals surface area contributed by atoms with Crippen molar-refractivity contribution in [1.29, 1.82) is 0 Å². The van der Waals surface area contributed by atoms with Gasteiger partial charge in [0.2, 0.25) is 0 Å². The van der Waals surface area contributed by atoms with E-state index in [1.165, 1.54) is 212 Å². The van der Waals surface area contributed by atoms with Crippen LogP contribution in [0.15, 0.2) is 48.6 Å². The van der Waals surface area contributed by atoms with E-state index in [4.69, 9.17) is 24.3 Å². The minimum absolute atomic E-state index is 0.0530. The predicted octanol–water partition coefficient (Wildman–Crippen LogP) is 20.1. The Morgan fingerprint density at radius 3 is 1.11 bits per heavy atom. The Morgan fingerprint density at radius 2 is 0.743 bits per heavy atom. The number of carbonyl (C=O) groups is 2. The molecule has 434 valence electrons. The normalized spacial score (nSPS) is 13.3. The van der Waals surface area contributed by atoms with Crippen molar-refractivity contribution in [3.8, 4) is 0 Å². The molecule has 74 heavy (non-hydrogen) atoms. The van der Waals surface area contributed by atoms with Crippen LogP contribution < -0.4 is 5.73 Å². The molecule has 0 fully saturated rings. The number of allylic oxidation sites excluding steroid dienone is 8. The van der Waals surface area contributed by atoms with E-state index in [-0.39, 0.29) is 38.6 Å². The second-order valence-electron chi connectivity index (χ2n) is 21.3. The Kier molecular flexibility index (Phi) is 58.6. The van der Waals surface area contributed by atoms with Gasteiger partial charge in [0.25, 0.3) is 0 Å². The highest BCUT2D eigenvalue weighted by molar-refractivity contribution is 7.47. The van der Waals surface area contributed by atoms with Gasteiger partial charge in [-0.2, -0.15) is 0 Å². The van der Waals surface area contributed by atoms with E-state index in [0.29, 0.717) is 6.42 Å². The maximum atomic E-state index is 12.7. The first-order valence-electron chi connectivity index (χ1n) is 31.6.